The average molecular weight is 405 g/mol. The quantitative estimate of drug-likeness (QED) is 0.571. The fourth-order valence-electron chi connectivity index (χ4n) is 1.73. The molecule has 122 valence electrons. The van der Waals surface area contributed by atoms with Crippen molar-refractivity contribution in [3.63, 3.8) is 0 Å². The van der Waals surface area contributed by atoms with E-state index >= 15 is 0 Å². The summed E-state index contributed by atoms with van der Waals surface area (Å²) in [7, 11) is -4.68. The van der Waals surface area contributed by atoms with Crippen LogP contribution in [0.1, 0.15) is 15.9 Å². The van der Waals surface area contributed by atoms with E-state index in [4.69, 9.17) is 4.74 Å². The number of sulfone groups is 1. The van der Waals surface area contributed by atoms with Crippen LogP contribution in [0.15, 0.2) is 51.8 Å². The molecule has 0 saturated heterocycles. The largest absolute Gasteiger partial charge is 0.422 e. The van der Waals surface area contributed by atoms with Gasteiger partial charge in [-0.2, -0.15) is 8.78 Å². The first kappa shape index (κ1) is 17.6. The molecular weight excluding hydrogens is 394 g/mol. The van der Waals surface area contributed by atoms with Crippen LogP contribution in [-0.2, 0) is 9.84 Å². The van der Waals surface area contributed by atoms with Gasteiger partial charge < -0.3 is 4.74 Å². The molecule has 0 aliphatic heterocycles. The maximum atomic E-state index is 12.4. The van der Waals surface area contributed by atoms with Gasteiger partial charge in [0.05, 0.1) is 14.9 Å². The van der Waals surface area contributed by atoms with Crippen LogP contribution in [0.4, 0.5) is 8.78 Å². The number of hydrogen-bond acceptors (Lipinski definition) is 4. The SMILES string of the molecule is Cc1ccc(OC(=O)c2ccc(S(=O)(=O)C(F)F)cc2)c(Br)c1. The summed E-state index contributed by atoms with van der Waals surface area (Å²) in [6, 6.07) is 9.27. The van der Waals surface area contributed by atoms with Crippen LogP contribution in [0.25, 0.3) is 0 Å². The van der Waals surface area contributed by atoms with E-state index in [1.165, 1.54) is 0 Å². The van der Waals surface area contributed by atoms with Crippen LogP contribution in [-0.4, -0.2) is 20.1 Å². The Kier molecular flexibility index (Phi) is 5.16. The number of aryl methyl sites for hydroxylation is 1. The van der Waals surface area contributed by atoms with Gasteiger partial charge in [0.15, 0.2) is 0 Å². The van der Waals surface area contributed by atoms with Gasteiger partial charge in [0.2, 0.25) is 9.84 Å². The van der Waals surface area contributed by atoms with Gasteiger partial charge >= 0.3 is 11.7 Å². The smallest absolute Gasteiger partial charge is 0.343 e. The van der Waals surface area contributed by atoms with Gasteiger partial charge in [0.1, 0.15) is 5.75 Å². The van der Waals surface area contributed by atoms with E-state index in [2.05, 4.69) is 15.9 Å². The first-order valence-corrected chi connectivity index (χ1v) is 8.66. The van der Waals surface area contributed by atoms with E-state index in [9.17, 15) is 22.0 Å². The Hall–Kier alpha value is -1.80. The van der Waals surface area contributed by atoms with E-state index in [1.54, 1.807) is 18.2 Å². The Bertz CT molecular complexity index is 833. The molecule has 0 fully saturated rings. The Labute approximate surface area is 140 Å². The van der Waals surface area contributed by atoms with Crippen molar-refractivity contribution < 1.29 is 26.7 Å². The Morgan fingerprint density at radius 2 is 1.74 bits per heavy atom. The number of rotatable bonds is 4. The van der Waals surface area contributed by atoms with Crippen molar-refractivity contribution in [2.45, 2.75) is 17.6 Å². The summed E-state index contributed by atoms with van der Waals surface area (Å²) in [5.41, 5.74) is 1.02. The van der Waals surface area contributed by atoms with Crippen LogP contribution < -0.4 is 4.74 Å². The summed E-state index contributed by atoms with van der Waals surface area (Å²) >= 11 is 3.26. The zero-order valence-corrected chi connectivity index (χ0v) is 14.2. The van der Waals surface area contributed by atoms with E-state index in [0.29, 0.717) is 10.2 Å². The molecule has 0 aliphatic rings. The predicted octanol–water partition coefficient (Wildman–Crippen LogP) is 3.97. The van der Waals surface area contributed by atoms with E-state index in [-0.39, 0.29) is 5.56 Å². The summed E-state index contributed by atoms with van der Waals surface area (Å²) in [6.07, 6.45) is 0. The number of ether oxygens (including phenoxy) is 1. The maximum Gasteiger partial charge on any atom is 0.343 e. The lowest BCUT2D eigenvalue weighted by Crippen LogP contribution is -2.13. The molecule has 0 saturated carbocycles. The molecule has 0 radical (unpaired) electrons. The second-order valence-corrected chi connectivity index (χ2v) is 7.43. The van der Waals surface area contributed by atoms with Crippen LogP contribution in [0.5, 0.6) is 5.75 Å². The first-order valence-electron chi connectivity index (χ1n) is 6.32. The van der Waals surface area contributed by atoms with Crippen molar-refractivity contribution in [3.05, 3.63) is 58.1 Å². The summed E-state index contributed by atoms with van der Waals surface area (Å²) < 4.78 is 53.3. The molecule has 0 atom stereocenters. The van der Waals surface area contributed by atoms with Crippen molar-refractivity contribution in [1.82, 2.24) is 0 Å². The van der Waals surface area contributed by atoms with E-state index in [0.717, 1.165) is 29.8 Å². The zero-order valence-electron chi connectivity index (χ0n) is 11.8. The summed E-state index contributed by atoms with van der Waals surface area (Å²) in [5.74, 6) is -3.94. The molecule has 4 nitrogen and oxygen atoms in total. The van der Waals surface area contributed by atoms with Crippen molar-refractivity contribution in [2.24, 2.45) is 0 Å². The summed E-state index contributed by atoms with van der Waals surface area (Å²) in [6.45, 7) is 1.87. The normalized spacial score (nSPS) is 11.5. The highest BCUT2D eigenvalue weighted by Gasteiger charge is 2.26. The molecule has 2 aromatic rings. The molecule has 0 N–H and O–H groups in total. The highest BCUT2D eigenvalue weighted by atomic mass is 79.9. The van der Waals surface area contributed by atoms with E-state index in [1.807, 2.05) is 6.92 Å². The highest BCUT2D eigenvalue weighted by Crippen LogP contribution is 2.27. The van der Waals surface area contributed by atoms with Gasteiger partial charge in [0, 0.05) is 0 Å². The van der Waals surface area contributed by atoms with Crippen LogP contribution in [0.3, 0.4) is 0 Å². The molecule has 23 heavy (non-hydrogen) atoms. The molecule has 2 rings (SSSR count). The molecule has 0 aromatic heterocycles. The number of halogens is 3. The molecule has 0 bridgehead atoms. The van der Waals surface area contributed by atoms with Gasteiger partial charge in [-0.3, -0.25) is 0 Å². The fraction of sp³-hybridized carbons (Fsp3) is 0.133. The van der Waals surface area contributed by atoms with Gasteiger partial charge in [-0.05, 0) is 64.8 Å². The number of alkyl halides is 2. The van der Waals surface area contributed by atoms with Crippen LogP contribution >= 0.6 is 15.9 Å². The minimum absolute atomic E-state index is 0.0469. The third-order valence-electron chi connectivity index (χ3n) is 2.94. The zero-order chi connectivity index (χ0) is 17.2. The lowest BCUT2D eigenvalue weighted by molar-refractivity contribution is 0.0733. The van der Waals surface area contributed by atoms with Crippen molar-refractivity contribution in [1.29, 1.82) is 0 Å². The van der Waals surface area contributed by atoms with Crippen molar-refractivity contribution in [2.75, 3.05) is 0 Å². The molecule has 8 heteroatoms. The molecule has 0 unspecified atom stereocenters. The molecule has 0 aliphatic carbocycles. The average Bonchev–Trinajstić information content (AvgIpc) is 2.50. The molecule has 2 aromatic carbocycles. The number of hydrogen-bond donors (Lipinski definition) is 0. The van der Waals surface area contributed by atoms with Gasteiger partial charge in [-0.25, -0.2) is 13.2 Å². The number of benzene rings is 2. The van der Waals surface area contributed by atoms with Gasteiger partial charge in [-0.15, -0.1) is 0 Å². The lowest BCUT2D eigenvalue weighted by Gasteiger charge is -2.08. The predicted molar refractivity (Wildman–Crippen MR) is 83.5 cm³/mol. The van der Waals surface area contributed by atoms with Crippen molar-refractivity contribution >= 4 is 31.7 Å². The van der Waals surface area contributed by atoms with Gasteiger partial charge in [-0.1, -0.05) is 6.07 Å². The van der Waals surface area contributed by atoms with E-state index < -0.39 is 26.5 Å². The summed E-state index contributed by atoms with van der Waals surface area (Å²) in [4.78, 5) is 11.5. The summed E-state index contributed by atoms with van der Waals surface area (Å²) in [5, 5.41) is 0. The third kappa shape index (κ3) is 3.94. The Balaban J connectivity index is 2.21. The standard InChI is InChI=1S/C15H11BrF2O4S/c1-9-2-7-13(12(16)8-9)22-14(19)10-3-5-11(6-4-10)23(20,21)15(17)18/h2-8,15H,1H3. The molecular formula is C15H11BrF2O4S. The maximum absolute atomic E-state index is 12.4. The van der Waals surface area contributed by atoms with Gasteiger partial charge in [0.25, 0.3) is 0 Å². The topological polar surface area (TPSA) is 60.4 Å². The molecule has 0 spiro atoms. The monoisotopic (exact) mass is 404 g/mol. The number of carbonyl (C=O) groups is 1. The fourth-order valence-corrected chi connectivity index (χ4v) is 3.03. The number of carbonyl (C=O) groups excluding carboxylic acids is 1. The Morgan fingerprint density at radius 3 is 2.26 bits per heavy atom. The second kappa shape index (κ2) is 6.76. The Morgan fingerprint density at radius 1 is 1.13 bits per heavy atom. The third-order valence-corrected chi connectivity index (χ3v) is 4.96. The molecule has 0 amide bonds. The first-order chi connectivity index (χ1) is 10.7. The highest BCUT2D eigenvalue weighted by molar-refractivity contribution is 9.10. The van der Waals surface area contributed by atoms with Crippen molar-refractivity contribution in [3.8, 4) is 5.75 Å². The minimum atomic E-state index is -4.68. The van der Waals surface area contributed by atoms with Crippen LogP contribution in [0, 0.1) is 6.92 Å². The van der Waals surface area contributed by atoms with Crippen LogP contribution in [0.2, 0.25) is 0 Å². The second-order valence-electron chi connectivity index (χ2n) is 4.65. The number of esters is 1. The molecule has 0 heterocycles. The minimum Gasteiger partial charge on any atom is -0.422 e. The lowest BCUT2D eigenvalue weighted by atomic mass is 10.2.